The van der Waals surface area contributed by atoms with Crippen molar-refractivity contribution in [2.75, 3.05) is 0 Å². The fourth-order valence-corrected chi connectivity index (χ4v) is 7.91. The van der Waals surface area contributed by atoms with Gasteiger partial charge in [0.25, 0.3) is 0 Å². The van der Waals surface area contributed by atoms with E-state index < -0.39 is 21.4 Å². The minimum Gasteiger partial charge on any atom is -0.298 e. The summed E-state index contributed by atoms with van der Waals surface area (Å²) in [5.74, 6) is 2.56. The lowest BCUT2D eigenvalue weighted by Gasteiger charge is -2.54. The largest absolute Gasteiger partial charge is 0.298 e. The predicted molar refractivity (Wildman–Crippen MR) is 106 cm³/mol. The summed E-state index contributed by atoms with van der Waals surface area (Å²) >= 11 is 5.92. The molecule has 0 aliphatic heterocycles. The zero-order valence-corrected chi connectivity index (χ0v) is 17.8. The lowest BCUT2D eigenvalue weighted by molar-refractivity contribution is -0.128. The van der Waals surface area contributed by atoms with Crippen LogP contribution in [0.15, 0.2) is 23.1 Å². The van der Waals surface area contributed by atoms with E-state index in [1.54, 1.807) is 13.8 Å². The van der Waals surface area contributed by atoms with Gasteiger partial charge in [-0.25, -0.2) is 12.8 Å². The van der Waals surface area contributed by atoms with Crippen LogP contribution in [0.5, 0.6) is 0 Å². The highest BCUT2D eigenvalue weighted by molar-refractivity contribution is 7.89. The molecule has 0 spiro atoms. The summed E-state index contributed by atoms with van der Waals surface area (Å²) in [7, 11) is -4.04. The number of hydrogen-bond donors (Lipinski definition) is 1. The van der Waals surface area contributed by atoms with Crippen molar-refractivity contribution in [1.29, 1.82) is 0 Å². The van der Waals surface area contributed by atoms with Crippen LogP contribution in [-0.2, 0) is 14.8 Å². The van der Waals surface area contributed by atoms with Crippen LogP contribution in [0.1, 0.15) is 52.4 Å². The van der Waals surface area contributed by atoms with E-state index in [4.69, 9.17) is 11.6 Å². The Morgan fingerprint density at radius 1 is 1.14 bits per heavy atom. The van der Waals surface area contributed by atoms with Crippen molar-refractivity contribution in [2.45, 2.75) is 62.8 Å². The Hall–Kier alpha value is -0.980. The molecule has 0 amide bonds. The molecule has 4 aliphatic carbocycles. The first-order valence-electron chi connectivity index (χ1n) is 10.1. The number of sulfonamides is 1. The molecule has 5 rings (SSSR count). The van der Waals surface area contributed by atoms with Gasteiger partial charge in [0.15, 0.2) is 5.78 Å². The van der Waals surface area contributed by atoms with E-state index in [1.165, 1.54) is 32.1 Å². The smallest absolute Gasteiger partial charge is 0.242 e. The molecule has 1 N–H and O–H groups in total. The zero-order valence-electron chi connectivity index (χ0n) is 16.3. The van der Waals surface area contributed by atoms with Crippen molar-refractivity contribution >= 4 is 27.4 Å². The van der Waals surface area contributed by atoms with Crippen LogP contribution in [-0.4, -0.2) is 19.7 Å². The molecule has 4 aliphatic rings. The number of hydrogen-bond acceptors (Lipinski definition) is 3. The van der Waals surface area contributed by atoms with E-state index in [0.717, 1.165) is 30.0 Å². The van der Waals surface area contributed by atoms with E-state index in [0.29, 0.717) is 24.2 Å². The van der Waals surface area contributed by atoms with Crippen LogP contribution < -0.4 is 4.72 Å². The second-order valence-electron chi connectivity index (χ2n) is 9.53. The van der Waals surface area contributed by atoms with Crippen LogP contribution in [0, 0.1) is 35.4 Å². The molecule has 1 aromatic rings. The first kappa shape index (κ1) is 20.3. The number of nitrogens with one attached hydrogen (secondary N) is 1. The van der Waals surface area contributed by atoms with Crippen LogP contribution in [0.2, 0.25) is 5.02 Å². The second-order valence-corrected chi connectivity index (χ2v) is 11.6. The highest BCUT2D eigenvalue weighted by Gasteiger charge is 2.49. The van der Waals surface area contributed by atoms with Gasteiger partial charge in [0.05, 0.1) is 10.6 Å². The summed E-state index contributed by atoms with van der Waals surface area (Å²) in [6, 6.07) is 3.13. The summed E-state index contributed by atoms with van der Waals surface area (Å²) in [4.78, 5) is 12.9. The Labute approximate surface area is 171 Å². The van der Waals surface area contributed by atoms with E-state index in [-0.39, 0.29) is 15.7 Å². The Kier molecular flexibility index (Phi) is 5.12. The third-order valence-electron chi connectivity index (χ3n) is 7.11. The molecular weight excluding hydrogens is 401 g/mol. The lowest BCUT2D eigenvalue weighted by Crippen LogP contribution is -2.52. The number of ketones is 1. The Morgan fingerprint density at radius 2 is 1.71 bits per heavy atom. The summed E-state index contributed by atoms with van der Waals surface area (Å²) in [6.45, 7) is 3.20. The van der Waals surface area contributed by atoms with Gasteiger partial charge in [-0.3, -0.25) is 4.79 Å². The molecule has 28 heavy (non-hydrogen) atoms. The molecular formula is C21H27ClFNO3S. The number of rotatable bonds is 6. The Balaban J connectivity index is 1.48. The lowest BCUT2D eigenvalue weighted by atomic mass is 9.51. The molecule has 0 heterocycles. The number of Topliss-reactive ketones (excluding diaryl/α,β-unsaturated/α-hetero) is 1. The van der Waals surface area contributed by atoms with Gasteiger partial charge < -0.3 is 0 Å². The van der Waals surface area contributed by atoms with E-state index >= 15 is 0 Å². The zero-order chi connectivity index (χ0) is 20.3. The van der Waals surface area contributed by atoms with Gasteiger partial charge in [0, 0.05) is 6.42 Å². The van der Waals surface area contributed by atoms with E-state index in [2.05, 4.69) is 4.72 Å². The molecule has 0 unspecified atom stereocenters. The second kappa shape index (κ2) is 7.06. The maximum absolute atomic E-state index is 13.3. The number of carbonyl (C=O) groups excluding carboxylic acids is 1. The first-order chi connectivity index (χ1) is 13.0. The third kappa shape index (κ3) is 3.75. The van der Waals surface area contributed by atoms with Crippen molar-refractivity contribution < 1.29 is 17.6 Å². The van der Waals surface area contributed by atoms with Crippen molar-refractivity contribution in [2.24, 2.45) is 29.6 Å². The SMILES string of the molecule is CC(C)(NS(=O)(=O)c1ccc(F)cc1Cl)C(=O)CC1C2CC3CC(C2)CC1C3. The summed E-state index contributed by atoms with van der Waals surface area (Å²) < 4.78 is 41.3. The minimum absolute atomic E-state index is 0.0909. The molecule has 7 heteroatoms. The first-order valence-corrected chi connectivity index (χ1v) is 11.9. The Morgan fingerprint density at radius 3 is 2.25 bits per heavy atom. The van der Waals surface area contributed by atoms with Gasteiger partial charge in [0.1, 0.15) is 10.7 Å². The van der Waals surface area contributed by atoms with Crippen LogP contribution in [0.25, 0.3) is 0 Å². The quantitative estimate of drug-likeness (QED) is 0.723. The van der Waals surface area contributed by atoms with Crippen LogP contribution >= 0.6 is 11.6 Å². The van der Waals surface area contributed by atoms with Crippen LogP contribution in [0.4, 0.5) is 4.39 Å². The molecule has 1 aromatic carbocycles. The maximum Gasteiger partial charge on any atom is 0.242 e. The maximum atomic E-state index is 13.3. The predicted octanol–water partition coefficient (Wildman–Crippen LogP) is 4.57. The number of halogens is 2. The molecule has 0 atom stereocenters. The van der Waals surface area contributed by atoms with Crippen molar-refractivity contribution in [1.82, 2.24) is 4.72 Å². The molecule has 0 saturated heterocycles. The normalized spacial score (nSPS) is 31.9. The molecule has 4 saturated carbocycles. The standard InChI is InChI=1S/C21H27ClFNO3S/c1-21(2,24-28(26,27)19-4-3-16(23)10-18(19)22)20(25)11-17-14-6-12-5-13(8-14)9-15(17)7-12/h3-4,10,12-15,17,24H,5-9,11H2,1-2H3. The number of benzene rings is 1. The van der Waals surface area contributed by atoms with Gasteiger partial charge in [-0.1, -0.05) is 11.6 Å². The molecule has 4 fully saturated rings. The highest BCUT2D eigenvalue weighted by atomic mass is 35.5. The molecule has 4 nitrogen and oxygen atoms in total. The Bertz CT molecular complexity index is 871. The highest BCUT2D eigenvalue weighted by Crippen LogP contribution is 2.57. The van der Waals surface area contributed by atoms with Gasteiger partial charge in [-0.05, 0) is 93.7 Å². The van der Waals surface area contributed by atoms with Gasteiger partial charge in [-0.2, -0.15) is 4.72 Å². The van der Waals surface area contributed by atoms with Crippen molar-refractivity contribution in [3.05, 3.63) is 29.0 Å². The summed E-state index contributed by atoms with van der Waals surface area (Å²) in [5.41, 5.74) is -1.24. The van der Waals surface area contributed by atoms with Crippen molar-refractivity contribution in [3.8, 4) is 0 Å². The summed E-state index contributed by atoms with van der Waals surface area (Å²) in [5, 5.41) is -0.197. The number of carbonyl (C=O) groups is 1. The topological polar surface area (TPSA) is 63.2 Å². The monoisotopic (exact) mass is 427 g/mol. The minimum atomic E-state index is -4.04. The van der Waals surface area contributed by atoms with Gasteiger partial charge in [-0.15, -0.1) is 0 Å². The molecule has 0 aromatic heterocycles. The molecule has 4 bridgehead atoms. The average Bonchev–Trinajstić information content (AvgIpc) is 2.55. The summed E-state index contributed by atoms with van der Waals surface area (Å²) in [6.07, 6.45) is 6.67. The third-order valence-corrected chi connectivity index (χ3v) is 9.25. The molecule has 0 radical (unpaired) electrons. The fraction of sp³-hybridized carbons (Fsp3) is 0.667. The van der Waals surface area contributed by atoms with E-state index in [1.807, 2.05) is 0 Å². The fourth-order valence-electron chi connectivity index (χ4n) is 5.98. The van der Waals surface area contributed by atoms with Gasteiger partial charge >= 0.3 is 0 Å². The molecule has 154 valence electrons. The van der Waals surface area contributed by atoms with Gasteiger partial charge in [0.2, 0.25) is 10.0 Å². The van der Waals surface area contributed by atoms with E-state index in [9.17, 15) is 17.6 Å². The van der Waals surface area contributed by atoms with Crippen molar-refractivity contribution in [3.63, 3.8) is 0 Å². The van der Waals surface area contributed by atoms with Crippen LogP contribution in [0.3, 0.4) is 0 Å². The average molecular weight is 428 g/mol.